The third kappa shape index (κ3) is 9.01. The first kappa shape index (κ1) is 36.6. The van der Waals surface area contributed by atoms with Crippen LogP contribution in [0.25, 0.3) is 11.2 Å². The van der Waals surface area contributed by atoms with Crippen LogP contribution < -0.4 is 21.3 Å². The molecular weight excluding hydrogens is 662 g/mol. The highest BCUT2D eigenvalue weighted by Gasteiger charge is 2.45. The van der Waals surface area contributed by atoms with Gasteiger partial charge < -0.3 is 35.8 Å². The second-order valence-electron chi connectivity index (χ2n) is 13.0. The SMILES string of the molecule is CCNC(=O)C[C@@H]1O[C@@H](n2cnc3c(NCC(c4ccccc4)c4ccccc4)nc(CN=C(NC#N)NCCN4CCCCC4)nc32)[C@H](O)[C@@H]1O. The second-order valence-corrected chi connectivity index (χ2v) is 13.0. The van der Waals surface area contributed by atoms with Gasteiger partial charge in [0.25, 0.3) is 0 Å². The molecule has 6 rings (SSSR count). The number of hydrogen-bond donors (Lipinski definition) is 6. The van der Waals surface area contributed by atoms with Crippen molar-refractivity contribution in [2.24, 2.45) is 4.99 Å². The Hall–Kier alpha value is -5.14. The molecule has 15 heteroatoms. The Morgan fingerprint density at radius 3 is 2.40 bits per heavy atom. The highest BCUT2D eigenvalue weighted by atomic mass is 16.6. The van der Waals surface area contributed by atoms with Gasteiger partial charge in [0.2, 0.25) is 11.9 Å². The molecule has 2 aliphatic rings. The summed E-state index contributed by atoms with van der Waals surface area (Å²) >= 11 is 0. The number of nitriles is 1. The standard InChI is InChI=1S/C37H47N11O4/c1-2-39-30(49)20-28-32(50)33(51)36(52-28)48-24-44-31-34(41-21-27(25-12-6-3-7-13-25)26-14-8-4-9-15-26)45-29(46-35(31)48)22-42-37(43-23-38)40-16-19-47-17-10-5-11-18-47/h3-4,6-9,12-15,24,27-28,32-33,36,50-51H,2,5,10-11,16-22H2,1H3,(H,39,49)(H2,40,42,43)(H,41,45,46)/t28-,32+,33+,36+/m0/s1. The number of guanidine groups is 1. The van der Waals surface area contributed by atoms with Gasteiger partial charge in [0.1, 0.15) is 18.8 Å². The van der Waals surface area contributed by atoms with E-state index < -0.39 is 24.5 Å². The molecule has 4 atom stereocenters. The maximum absolute atomic E-state index is 12.3. The fraction of sp³-hybridized carbons (Fsp3) is 0.459. The van der Waals surface area contributed by atoms with E-state index in [-0.39, 0.29) is 24.8 Å². The van der Waals surface area contributed by atoms with Crippen molar-refractivity contribution in [2.75, 3.05) is 44.6 Å². The Morgan fingerprint density at radius 2 is 1.73 bits per heavy atom. The Balaban J connectivity index is 1.30. The molecule has 274 valence electrons. The van der Waals surface area contributed by atoms with Gasteiger partial charge in [0.05, 0.1) is 18.9 Å². The first-order valence-corrected chi connectivity index (χ1v) is 18.0. The molecule has 0 saturated carbocycles. The van der Waals surface area contributed by atoms with E-state index in [0.717, 1.165) is 30.8 Å². The highest BCUT2D eigenvalue weighted by molar-refractivity contribution is 5.84. The number of anilines is 1. The molecular formula is C37H47N11O4. The summed E-state index contributed by atoms with van der Waals surface area (Å²) in [6.45, 7) is 6.32. The molecule has 4 aromatic rings. The molecule has 15 nitrogen and oxygen atoms in total. The topological polar surface area (TPSA) is 198 Å². The van der Waals surface area contributed by atoms with E-state index in [0.29, 0.717) is 48.4 Å². The van der Waals surface area contributed by atoms with Crippen LogP contribution in [-0.4, -0.2) is 104 Å². The van der Waals surface area contributed by atoms with Crippen molar-refractivity contribution >= 4 is 28.8 Å². The van der Waals surface area contributed by atoms with Gasteiger partial charge in [-0.3, -0.25) is 14.7 Å². The first-order valence-electron chi connectivity index (χ1n) is 18.0. The zero-order valence-corrected chi connectivity index (χ0v) is 29.4. The lowest BCUT2D eigenvalue weighted by Gasteiger charge is -2.26. The number of aliphatic hydroxyl groups is 2. The number of imidazole rings is 1. The van der Waals surface area contributed by atoms with Crippen LogP contribution in [0.3, 0.4) is 0 Å². The zero-order valence-electron chi connectivity index (χ0n) is 29.4. The lowest BCUT2D eigenvalue weighted by Crippen LogP contribution is -2.41. The van der Waals surface area contributed by atoms with Crippen molar-refractivity contribution in [2.45, 2.75) is 69.6 Å². The number of nitrogens with one attached hydrogen (secondary N) is 4. The number of aliphatic imine (C=N–C) groups is 1. The second kappa shape index (κ2) is 17.9. The summed E-state index contributed by atoms with van der Waals surface area (Å²) < 4.78 is 7.62. The molecule has 0 unspecified atom stereocenters. The predicted molar refractivity (Wildman–Crippen MR) is 196 cm³/mol. The molecule has 0 radical (unpaired) electrons. The van der Waals surface area contributed by atoms with E-state index in [9.17, 15) is 20.3 Å². The molecule has 0 bridgehead atoms. The summed E-state index contributed by atoms with van der Waals surface area (Å²) in [5, 5.41) is 43.4. The Labute approximate surface area is 303 Å². The minimum Gasteiger partial charge on any atom is -0.388 e. The Bertz CT molecular complexity index is 1790. The average molecular weight is 710 g/mol. The summed E-state index contributed by atoms with van der Waals surface area (Å²) in [5.74, 6) is 0.781. The molecule has 6 N–H and O–H groups in total. The minimum atomic E-state index is -1.35. The third-order valence-electron chi connectivity index (χ3n) is 9.44. The monoisotopic (exact) mass is 709 g/mol. The maximum Gasteiger partial charge on any atom is 0.222 e. The van der Waals surface area contributed by atoms with Crippen molar-refractivity contribution in [3.05, 3.63) is 83.9 Å². The van der Waals surface area contributed by atoms with Crippen molar-refractivity contribution in [1.29, 1.82) is 5.26 Å². The van der Waals surface area contributed by atoms with E-state index in [1.54, 1.807) is 11.5 Å². The molecule has 52 heavy (non-hydrogen) atoms. The maximum atomic E-state index is 12.3. The van der Waals surface area contributed by atoms with E-state index in [1.165, 1.54) is 25.6 Å². The van der Waals surface area contributed by atoms with Crippen LogP contribution >= 0.6 is 0 Å². The van der Waals surface area contributed by atoms with Crippen LogP contribution in [0, 0.1) is 11.5 Å². The minimum absolute atomic E-state index is 0.0170. The van der Waals surface area contributed by atoms with Gasteiger partial charge in [-0.1, -0.05) is 67.1 Å². The number of ether oxygens (including phenoxy) is 1. The molecule has 2 aromatic heterocycles. The molecule has 4 heterocycles. The highest BCUT2D eigenvalue weighted by Crippen LogP contribution is 2.34. The van der Waals surface area contributed by atoms with E-state index >= 15 is 0 Å². The fourth-order valence-corrected chi connectivity index (χ4v) is 6.78. The number of piperidine rings is 1. The van der Waals surface area contributed by atoms with E-state index in [4.69, 9.17) is 14.7 Å². The van der Waals surface area contributed by atoms with Gasteiger partial charge in [-0.15, -0.1) is 0 Å². The number of rotatable bonds is 14. The molecule has 1 amide bonds. The molecule has 2 aromatic carbocycles. The molecule has 0 aliphatic carbocycles. The number of aliphatic hydroxyl groups excluding tert-OH is 2. The van der Waals surface area contributed by atoms with E-state index in [2.05, 4.69) is 60.4 Å². The quantitative estimate of drug-likeness (QED) is 0.0484. The number of fused-ring (bicyclic) bond motifs is 1. The summed E-state index contributed by atoms with van der Waals surface area (Å²) in [4.78, 5) is 33.6. The van der Waals surface area contributed by atoms with Gasteiger partial charge in [-0.2, -0.15) is 5.26 Å². The fourth-order valence-electron chi connectivity index (χ4n) is 6.78. The molecule has 2 fully saturated rings. The third-order valence-corrected chi connectivity index (χ3v) is 9.44. The lowest BCUT2D eigenvalue weighted by atomic mass is 9.91. The van der Waals surface area contributed by atoms with Crippen LogP contribution in [0.5, 0.6) is 0 Å². The van der Waals surface area contributed by atoms with Crippen LogP contribution in [0.2, 0.25) is 0 Å². The number of benzene rings is 2. The van der Waals surface area contributed by atoms with Crippen molar-refractivity contribution in [3.8, 4) is 6.19 Å². The van der Waals surface area contributed by atoms with E-state index in [1.807, 2.05) is 42.6 Å². The number of nitrogens with zero attached hydrogens (tertiary/aromatic N) is 7. The number of carbonyl (C=O) groups is 1. The van der Waals surface area contributed by atoms with Gasteiger partial charge >= 0.3 is 0 Å². The zero-order chi connectivity index (χ0) is 36.3. The number of likely N-dealkylation sites (tertiary alicyclic amines) is 1. The Morgan fingerprint density at radius 1 is 1.02 bits per heavy atom. The van der Waals surface area contributed by atoms with Crippen LogP contribution in [-0.2, 0) is 16.1 Å². The lowest BCUT2D eigenvalue weighted by molar-refractivity contribution is -0.125. The van der Waals surface area contributed by atoms with Gasteiger partial charge in [-0.05, 0) is 44.0 Å². The number of carbonyl (C=O) groups excluding carboxylic acids is 1. The van der Waals surface area contributed by atoms with Gasteiger partial charge in [0, 0.05) is 32.1 Å². The predicted octanol–water partition coefficient (Wildman–Crippen LogP) is 2.22. The van der Waals surface area contributed by atoms with Crippen molar-refractivity contribution < 1.29 is 19.7 Å². The summed E-state index contributed by atoms with van der Waals surface area (Å²) in [6.07, 6.45) is 2.33. The molecule has 2 saturated heterocycles. The average Bonchev–Trinajstić information content (AvgIpc) is 3.71. The number of aromatic nitrogens is 4. The van der Waals surface area contributed by atoms with Crippen molar-refractivity contribution in [3.63, 3.8) is 0 Å². The van der Waals surface area contributed by atoms with Crippen LogP contribution in [0.15, 0.2) is 72.0 Å². The summed E-state index contributed by atoms with van der Waals surface area (Å²) in [5.41, 5.74) is 3.03. The van der Waals surface area contributed by atoms with Crippen LogP contribution in [0.1, 0.15) is 61.7 Å². The molecule has 2 aliphatic heterocycles. The summed E-state index contributed by atoms with van der Waals surface area (Å²) in [6, 6.07) is 20.4. The van der Waals surface area contributed by atoms with Crippen molar-refractivity contribution in [1.82, 2.24) is 40.4 Å². The first-order chi connectivity index (χ1) is 25.4. The smallest absolute Gasteiger partial charge is 0.222 e. The van der Waals surface area contributed by atoms with Gasteiger partial charge in [-0.25, -0.2) is 19.9 Å². The van der Waals surface area contributed by atoms with Crippen LogP contribution in [0.4, 0.5) is 5.82 Å². The summed E-state index contributed by atoms with van der Waals surface area (Å²) in [7, 11) is 0. The normalized spacial score (nSPS) is 20.9. The number of hydrogen-bond acceptors (Lipinski definition) is 11. The van der Waals surface area contributed by atoms with Gasteiger partial charge in [0.15, 0.2) is 35.2 Å². The Kier molecular flexibility index (Phi) is 12.6. The number of amides is 1. The molecule has 0 spiro atoms. The largest absolute Gasteiger partial charge is 0.388 e.